The van der Waals surface area contributed by atoms with E-state index >= 15 is 0 Å². The van der Waals surface area contributed by atoms with Crippen molar-refractivity contribution >= 4 is 33.6 Å². The highest BCUT2D eigenvalue weighted by Crippen LogP contribution is 2.24. The molecule has 1 aromatic carbocycles. The fraction of sp³-hybridized carbons (Fsp3) is 0.273. The Morgan fingerprint density at radius 2 is 1.87 bits per heavy atom. The summed E-state index contributed by atoms with van der Waals surface area (Å²) in [5, 5.41) is 6.87. The molecule has 1 fully saturated rings. The summed E-state index contributed by atoms with van der Waals surface area (Å²) in [6.45, 7) is 3.00. The van der Waals surface area contributed by atoms with Crippen LogP contribution in [0.25, 0.3) is 11.3 Å². The zero-order valence-corrected chi connectivity index (χ0v) is 18.1. The van der Waals surface area contributed by atoms with E-state index in [1.165, 1.54) is 0 Å². The monoisotopic (exact) mass is 468 g/mol. The van der Waals surface area contributed by atoms with E-state index < -0.39 is 0 Å². The number of rotatable bonds is 4. The van der Waals surface area contributed by atoms with Crippen molar-refractivity contribution in [2.45, 2.75) is 19.8 Å². The topological polar surface area (TPSA) is 88.3 Å². The van der Waals surface area contributed by atoms with Gasteiger partial charge in [-0.3, -0.25) is 9.59 Å². The molecule has 3 aromatic rings. The first kappa shape index (κ1) is 20.3. The number of nitrogens with one attached hydrogen (secondary N) is 1. The summed E-state index contributed by atoms with van der Waals surface area (Å²) in [6.07, 6.45) is 2.82. The molecule has 0 unspecified atom stereocenters. The van der Waals surface area contributed by atoms with Gasteiger partial charge in [-0.05, 0) is 47.8 Å². The highest BCUT2D eigenvalue weighted by atomic mass is 79.9. The molecular weight excluding hydrogens is 448 g/mol. The minimum Gasteiger partial charge on any atom is -0.350 e. The maximum absolute atomic E-state index is 12.8. The lowest BCUT2D eigenvalue weighted by Gasteiger charge is -2.30. The van der Waals surface area contributed by atoms with E-state index in [4.69, 9.17) is 4.52 Å². The lowest BCUT2D eigenvalue weighted by molar-refractivity contribution is -0.121. The Hall–Kier alpha value is -3.00. The molecule has 0 saturated carbocycles. The number of hydrogen-bond donors (Lipinski definition) is 1. The van der Waals surface area contributed by atoms with Gasteiger partial charge in [-0.15, -0.1) is 0 Å². The highest BCUT2D eigenvalue weighted by molar-refractivity contribution is 9.10. The van der Waals surface area contributed by atoms with Crippen LogP contribution in [0, 0.1) is 12.8 Å². The van der Waals surface area contributed by atoms with Gasteiger partial charge in [0, 0.05) is 41.3 Å². The Balaban J connectivity index is 1.33. The van der Waals surface area contributed by atoms with Crippen molar-refractivity contribution in [2.24, 2.45) is 5.92 Å². The van der Waals surface area contributed by atoms with Crippen LogP contribution in [0.4, 0.5) is 5.82 Å². The first-order valence-corrected chi connectivity index (χ1v) is 10.5. The fourth-order valence-electron chi connectivity index (χ4n) is 3.42. The van der Waals surface area contributed by atoms with Crippen LogP contribution in [-0.2, 0) is 4.79 Å². The zero-order chi connectivity index (χ0) is 21.1. The number of halogens is 1. The minimum atomic E-state index is -0.200. The molecule has 1 aliphatic heterocycles. The number of pyridine rings is 1. The second-order valence-corrected chi connectivity index (χ2v) is 8.28. The van der Waals surface area contributed by atoms with Gasteiger partial charge < -0.3 is 14.7 Å². The number of anilines is 1. The number of nitrogens with zero attached hydrogens (tertiary/aromatic N) is 3. The van der Waals surface area contributed by atoms with Gasteiger partial charge in [0.25, 0.3) is 5.91 Å². The predicted octanol–water partition coefficient (Wildman–Crippen LogP) is 4.30. The second-order valence-electron chi connectivity index (χ2n) is 7.36. The third-order valence-electron chi connectivity index (χ3n) is 5.20. The third kappa shape index (κ3) is 4.59. The second kappa shape index (κ2) is 8.79. The Labute approximate surface area is 182 Å². The minimum absolute atomic E-state index is 0.0711. The van der Waals surface area contributed by atoms with E-state index in [0.29, 0.717) is 37.4 Å². The van der Waals surface area contributed by atoms with Gasteiger partial charge in [0.2, 0.25) is 11.7 Å². The number of carbonyl (C=O) groups excluding carboxylic acids is 2. The van der Waals surface area contributed by atoms with Gasteiger partial charge >= 0.3 is 0 Å². The first-order chi connectivity index (χ1) is 14.5. The molecule has 30 heavy (non-hydrogen) atoms. The molecule has 8 heteroatoms. The van der Waals surface area contributed by atoms with Crippen molar-refractivity contribution < 1.29 is 14.1 Å². The SMILES string of the molecule is Cc1ccc(-c2cc(C(=O)N3CCC(C(=O)Nc4ccc(Br)cn4)CC3)on2)cc1. The van der Waals surface area contributed by atoms with Gasteiger partial charge in [-0.1, -0.05) is 35.0 Å². The van der Waals surface area contributed by atoms with Gasteiger partial charge in [0.05, 0.1) is 0 Å². The van der Waals surface area contributed by atoms with E-state index in [1.54, 1.807) is 23.2 Å². The Kier molecular flexibility index (Phi) is 5.94. The fourth-order valence-corrected chi connectivity index (χ4v) is 3.65. The molecular formula is C22H21BrN4O3. The van der Waals surface area contributed by atoms with E-state index in [1.807, 2.05) is 37.3 Å². The molecule has 2 amide bonds. The number of carbonyl (C=O) groups is 2. The normalized spacial score (nSPS) is 14.5. The van der Waals surface area contributed by atoms with Gasteiger partial charge in [-0.25, -0.2) is 4.98 Å². The largest absolute Gasteiger partial charge is 0.350 e. The Morgan fingerprint density at radius 3 is 2.53 bits per heavy atom. The van der Waals surface area contributed by atoms with Gasteiger partial charge in [-0.2, -0.15) is 0 Å². The first-order valence-electron chi connectivity index (χ1n) is 9.75. The average molecular weight is 469 g/mol. The van der Waals surface area contributed by atoms with Crippen LogP contribution in [0.1, 0.15) is 29.0 Å². The maximum atomic E-state index is 12.8. The van der Waals surface area contributed by atoms with Crippen LogP contribution < -0.4 is 5.32 Å². The molecule has 2 aromatic heterocycles. The van der Waals surface area contributed by atoms with Crippen molar-refractivity contribution in [2.75, 3.05) is 18.4 Å². The number of amides is 2. The molecule has 1 N–H and O–H groups in total. The third-order valence-corrected chi connectivity index (χ3v) is 5.67. The summed E-state index contributed by atoms with van der Waals surface area (Å²) in [7, 11) is 0. The lowest BCUT2D eigenvalue weighted by Crippen LogP contribution is -2.41. The van der Waals surface area contributed by atoms with Crippen LogP contribution in [0.3, 0.4) is 0 Å². The van der Waals surface area contributed by atoms with Crippen LogP contribution >= 0.6 is 15.9 Å². The summed E-state index contributed by atoms with van der Waals surface area (Å²) < 4.78 is 6.15. The molecule has 0 aliphatic carbocycles. The highest BCUT2D eigenvalue weighted by Gasteiger charge is 2.29. The zero-order valence-electron chi connectivity index (χ0n) is 16.5. The molecule has 0 atom stereocenters. The van der Waals surface area contributed by atoms with Crippen molar-refractivity contribution in [3.63, 3.8) is 0 Å². The lowest BCUT2D eigenvalue weighted by atomic mass is 9.95. The average Bonchev–Trinajstić information content (AvgIpc) is 3.26. The summed E-state index contributed by atoms with van der Waals surface area (Å²) in [6, 6.07) is 13.1. The van der Waals surface area contributed by atoms with Crippen molar-refractivity contribution in [3.8, 4) is 11.3 Å². The number of piperidine rings is 1. The molecule has 0 spiro atoms. The number of aromatic nitrogens is 2. The Morgan fingerprint density at radius 1 is 1.13 bits per heavy atom. The van der Waals surface area contributed by atoms with Crippen LogP contribution in [-0.4, -0.2) is 39.9 Å². The van der Waals surface area contributed by atoms with Crippen molar-refractivity contribution in [3.05, 3.63) is 64.5 Å². The van der Waals surface area contributed by atoms with E-state index in [2.05, 4.69) is 31.4 Å². The standard InChI is InChI=1S/C22H21BrN4O3/c1-14-2-4-15(5-3-14)18-12-19(30-26-18)22(29)27-10-8-16(9-11-27)21(28)25-20-7-6-17(23)13-24-20/h2-7,12-13,16H,8-11H2,1H3,(H,24,25,28). The molecule has 4 rings (SSSR count). The molecule has 0 bridgehead atoms. The molecule has 0 radical (unpaired) electrons. The van der Waals surface area contributed by atoms with Crippen LogP contribution in [0.15, 0.2) is 57.7 Å². The van der Waals surface area contributed by atoms with Crippen LogP contribution in [0.5, 0.6) is 0 Å². The van der Waals surface area contributed by atoms with E-state index in [9.17, 15) is 9.59 Å². The van der Waals surface area contributed by atoms with Crippen molar-refractivity contribution in [1.82, 2.24) is 15.0 Å². The summed E-state index contributed by atoms with van der Waals surface area (Å²) in [5.41, 5.74) is 2.69. The molecule has 7 nitrogen and oxygen atoms in total. The summed E-state index contributed by atoms with van der Waals surface area (Å²) in [4.78, 5) is 31.1. The van der Waals surface area contributed by atoms with Gasteiger partial charge in [0.15, 0.2) is 0 Å². The quantitative estimate of drug-likeness (QED) is 0.616. The van der Waals surface area contributed by atoms with Crippen molar-refractivity contribution in [1.29, 1.82) is 0 Å². The maximum Gasteiger partial charge on any atom is 0.292 e. The summed E-state index contributed by atoms with van der Waals surface area (Å²) in [5.74, 6) is 0.310. The van der Waals surface area contributed by atoms with E-state index in [-0.39, 0.29) is 23.5 Å². The number of hydrogen-bond acceptors (Lipinski definition) is 5. The number of aryl methyl sites for hydroxylation is 1. The predicted molar refractivity (Wildman–Crippen MR) is 116 cm³/mol. The number of likely N-dealkylation sites (tertiary alicyclic amines) is 1. The molecule has 1 aliphatic rings. The van der Waals surface area contributed by atoms with Crippen LogP contribution in [0.2, 0.25) is 0 Å². The van der Waals surface area contributed by atoms with Gasteiger partial charge in [0.1, 0.15) is 11.5 Å². The smallest absolute Gasteiger partial charge is 0.292 e. The molecule has 154 valence electrons. The summed E-state index contributed by atoms with van der Waals surface area (Å²) >= 11 is 3.32. The molecule has 1 saturated heterocycles. The Bertz CT molecular complexity index is 1040. The van der Waals surface area contributed by atoms with E-state index in [0.717, 1.165) is 15.6 Å². The number of benzene rings is 1. The molecule has 3 heterocycles.